The molecule has 9 heteroatoms. The van der Waals surface area contributed by atoms with Crippen LogP contribution in [0.5, 0.6) is 0 Å². The Labute approximate surface area is 178 Å². The molecule has 2 N–H and O–H groups in total. The lowest BCUT2D eigenvalue weighted by atomic mass is 10.1. The van der Waals surface area contributed by atoms with Crippen molar-refractivity contribution in [3.63, 3.8) is 0 Å². The van der Waals surface area contributed by atoms with Crippen molar-refractivity contribution in [3.05, 3.63) is 35.6 Å². The number of halogens is 1. The zero-order chi connectivity index (χ0) is 21.9. The highest BCUT2D eigenvalue weighted by molar-refractivity contribution is 7.85. The van der Waals surface area contributed by atoms with Crippen LogP contribution in [0.4, 0.5) is 4.39 Å². The Bertz CT molecular complexity index is 756. The molecule has 1 heterocycles. The monoisotopic (exact) mass is 440 g/mol. The van der Waals surface area contributed by atoms with Gasteiger partial charge in [0.1, 0.15) is 17.7 Å². The first kappa shape index (κ1) is 24.0. The van der Waals surface area contributed by atoms with Crippen LogP contribution < -0.4 is 5.32 Å². The molecule has 2 rings (SSSR count). The average Bonchev–Trinajstić information content (AvgIpc) is 2.70. The second kappa shape index (κ2) is 12.4. The van der Waals surface area contributed by atoms with Crippen LogP contribution in [0.15, 0.2) is 24.3 Å². The molecule has 2 atom stereocenters. The number of aliphatic carboxylic acids is 1. The maximum atomic E-state index is 12.9. The summed E-state index contributed by atoms with van der Waals surface area (Å²) >= 11 is 0. The molecular weight excluding hydrogens is 411 g/mol. The van der Waals surface area contributed by atoms with Crippen molar-refractivity contribution in [1.29, 1.82) is 0 Å². The summed E-state index contributed by atoms with van der Waals surface area (Å²) in [6.07, 6.45) is 5.06. The van der Waals surface area contributed by atoms with Gasteiger partial charge in [0.05, 0.1) is 6.42 Å². The quantitative estimate of drug-likeness (QED) is 0.341. The van der Waals surface area contributed by atoms with E-state index in [-0.39, 0.29) is 49.2 Å². The van der Waals surface area contributed by atoms with Crippen molar-refractivity contribution in [1.82, 2.24) is 10.2 Å². The summed E-state index contributed by atoms with van der Waals surface area (Å²) in [6.45, 7) is 0.405. The minimum absolute atomic E-state index is 0.0587. The van der Waals surface area contributed by atoms with Gasteiger partial charge in [-0.2, -0.15) is 0 Å². The Morgan fingerprint density at radius 1 is 1.13 bits per heavy atom. The third kappa shape index (κ3) is 8.22. The van der Waals surface area contributed by atoms with Gasteiger partial charge in [-0.1, -0.05) is 25.0 Å². The van der Waals surface area contributed by atoms with Crippen molar-refractivity contribution in [3.8, 4) is 0 Å². The standard InChI is InChI=1S/C21H29FN2O5S/c22-17-10-8-16(9-11-17)6-3-1-2-4-12-23-18(25)15-24-19(26)14-20(24)30(29)13-5-7-21(27)28/h8-11,20H,1-7,12-15H2,(H,23,25)(H,27,28). The molecule has 2 unspecified atom stereocenters. The van der Waals surface area contributed by atoms with E-state index in [2.05, 4.69) is 5.32 Å². The predicted octanol–water partition coefficient (Wildman–Crippen LogP) is 2.22. The van der Waals surface area contributed by atoms with E-state index in [0.717, 1.165) is 37.7 Å². The van der Waals surface area contributed by atoms with Gasteiger partial charge >= 0.3 is 5.97 Å². The fraction of sp³-hybridized carbons (Fsp3) is 0.571. The number of unbranched alkanes of at least 4 members (excludes halogenated alkanes) is 3. The molecule has 7 nitrogen and oxygen atoms in total. The van der Waals surface area contributed by atoms with Gasteiger partial charge in [-0.3, -0.25) is 18.6 Å². The van der Waals surface area contributed by atoms with Crippen molar-refractivity contribution in [2.75, 3.05) is 18.8 Å². The minimum atomic E-state index is -1.35. The Morgan fingerprint density at radius 3 is 2.50 bits per heavy atom. The van der Waals surface area contributed by atoms with Crippen LogP contribution in [-0.4, -0.2) is 56.2 Å². The molecule has 0 aromatic heterocycles. The Hall–Kier alpha value is -2.29. The molecule has 1 aromatic carbocycles. The third-order valence-electron chi connectivity index (χ3n) is 5.00. The van der Waals surface area contributed by atoms with Gasteiger partial charge in [-0.05, 0) is 43.4 Å². The van der Waals surface area contributed by atoms with Gasteiger partial charge in [0, 0.05) is 29.5 Å². The first-order valence-electron chi connectivity index (χ1n) is 10.3. The number of β-lactam (4-membered cyclic amide) rings is 1. The number of amides is 2. The zero-order valence-corrected chi connectivity index (χ0v) is 17.8. The van der Waals surface area contributed by atoms with Gasteiger partial charge in [-0.15, -0.1) is 0 Å². The number of carboxylic acids is 1. The molecule has 1 fully saturated rings. The second-order valence-electron chi connectivity index (χ2n) is 7.40. The molecule has 0 saturated carbocycles. The number of hydrogen-bond donors (Lipinski definition) is 2. The summed E-state index contributed by atoms with van der Waals surface area (Å²) in [6, 6.07) is 6.51. The van der Waals surface area contributed by atoms with Crippen molar-refractivity contribution < 1.29 is 28.1 Å². The first-order chi connectivity index (χ1) is 14.4. The summed E-state index contributed by atoms with van der Waals surface area (Å²) < 4.78 is 25.1. The van der Waals surface area contributed by atoms with Crippen LogP contribution in [0.3, 0.4) is 0 Å². The number of rotatable bonds is 14. The number of benzene rings is 1. The molecule has 1 aliphatic rings. The van der Waals surface area contributed by atoms with E-state index in [4.69, 9.17) is 5.11 Å². The van der Waals surface area contributed by atoms with Crippen LogP contribution in [0.25, 0.3) is 0 Å². The summed E-state index contributed by atoms with van der Waals surface area (Å²) in [5.41, 5.74) is 1.11. The number of aryl methyl sites for hydroxylation is 1. The molecule has 0 aliphatic carbocycles. The number of hydrogen-bond acceptors (Lipinski definition) is 4. The van der Waals surface area contributed by atoms with E-state index in [1.54, 1.807) is 12.1 Å². The van der Waals surface area contributed by atoms with E-state index < -0.39 is 22.1 Å². The molecule has 1 aliphatic heterocycles. The number of likely N-dealkylation sites (tertiary alicyclic amines) is 1. The summed E-state index contributed by atoms with van der Waals surface area (Å²) in [4.78, 5) is 35.6. The molecule has 1 saturated heterocycles. The Balaban J connectivity index is 1.55. The fourth-order valence-electron chi connectivity index (χ4n) is 3.25. The van der Waals surface area contributed by atoms with Gasteiger partial charge in [0.15, 0.2) is 0 Å². The number of carbonyl (C=O) groups excluding carboxylic acids is 2. The fourth-order valence-corrected chi connectivity index (χ4v) is 4.75. The first-order valence-corrected chi connectivity index (χ1v) is 11.6. The molecule has 0 radical (unpaired) electrons. The van der Waals surface area contributed by atoms with Crippen molar-refractivity contribution in [2.24, 2.45) is 0 Å². The summed E-state index contributed by atoms with van der Waals surface area (Å²) in [7, 11) is -1.35. The van der Waals surface area contributed by atoms with Gasteiger partial charge in [0.25, 0.3) is 0 Å². The lowest BCUT2D eigenvalue weighted by Crippen LogP contribution is -2.58. The smallest absolute Gasteiger partial charge is 0.303 e. The van der Waals surface area contributed by atoms with Crippen LogP contribution in [-0.2, 0) is 31.6 Å². The number of nitrogens with zero attached hydrogens (tertiary/aromatic N) is 1. The molecule has 0 bridgehead atoms. The highest BCUT2D eigenvalue weighted by Crippen LogP contribution is 2.22. The van der Waals surface area contributed by atoms with Gasteiger partial charge < -0.3 is 15.3 Å². The van der Waals surface area contributed by atoms with Crippen LogP contribution >= 0.6 is 0 Å². The van der Waals surface area contributed by atoms with Crippen LogP contribution in [0, 0.1) is 5.82 Å². The third-order valence-corrected chi connectivity index (χ3v) is 6.72. The zero-order valence-electron chi connectivity index (χ0n) is 17.0. The van der Waals surface area contributed by atoms with E-state index in [1.165, 1.54) is 17.0 Å². The highest BCUT2D eigenvalue weighted by Gasteiger charge is 2.40. The summed E-state index contributed by atoms with van der Waals surface area (Å²) in [5.74, 6) is -1.45. The predicted molar refractivity (Wildman–Crippen MR) is 112 cm³/mol. The topological polar surface area (TPSA) is 104 Å². The normalized spacial score (nSPS) is 16.8. The Morgan fingerprint density at radius 2 is 1.83 bits per heavy atom. The number of carboxylic acid groups (broad SMARTS) is 1. The summed E-state index contributed by atoms with van der Waals surface area (Å²) in [5, 5.41) is 10.9. The Kier molecular flexibility index (Phi) is 9.93. The van der Waals surface area contributed by atoms with E-state index >= 15 is 0 Å². The molecule has 2 amide bonds. The van der Waals surface area contributed by atoms with E-state index in [1.807, 2.05) is 0 Å². The van der Waals surface area contributed by atoms with Crippen LogP contribution in [0.2, 0.25) is 0 Å². The van der Waals surface area contributed by atoms with Gasteiger partial charge in [0.2, 0.25) is 11.8 Å². The lowest BCUT2D eigenvalue weighted by Gasteiger charge is -2.39. The SMILES string of the molecule is O=C(O)CCCS(=O)C1CC(=O)N1CC(=O)NCCCCCCc1ccc(F)cc1. The maximum absolute atomic E-state index is 12.9. The molecule has 0 spiro atoms. The van der Waals surface area contributed by atoms with Crippen molar-refractivity contribution >= 4 is 28.6 Å². The van der Waals surface area contributed by atoms with E-state index in [9.17, 15) is 23.0 Å². The largest absolute Gasteiger partial charge is 0.481 e. The number of carbonyl (C=O) groups is 3. The minimum Gasteiger partial charge on any atom is -0.481 e. The molecular formula is C21H29FN2O5S. The highest BCUT2D eigenvalue weighted by atomic mass is 32.2. The average molecular weight is 441 g/mol. The van der Waals surface area contributed by atoms with Crippen LogP contribution in [0.1, 0.15) is 50.5 Å². The molecule has 166 valence electrons. The van der Waals surface area contributed by atoms with Crippen molar-refractivity contribution in [2.45, 2.75) is 56.7 Å². The molecule has 1 aromatic rings. The lowest BCUT2D eigenvalue weighted by molar-refractivity contribution is -0.145. The maximum Gasteiger partial charge on any atom is 0.303 e. The number of nitrogens with one attached hydrogen (secondary N) is 1. The second-order valence-corrected chi connectivity index (χ2v) is 9.12. The molecule has 30 heavy (non-hydrogen) atoms. The van der Waals surface area contributed by atoms with Gasteiger partial charge in [-0.25, -0.2) is 4.39 Å². The van der Waals surface area contributed by atoms with E-state index in [0.29, 0.717) is 6.54 Å².